The Labute approximate surface area is 169 Å². The standard InChI is InChI=1S/C23H22O6/c1-4-27-23(25)15(2)28-17-12-13-18-21(14-17)29-20(22(18)24)11-7-9-16-8-5-6-10-19(16)26-3/h5-15H,4H2,1-3H3/b9-7+,20-11-/t15-/m0/s1. The first kappa shape index (κ1) is 20.2. The van der Waals surface area contributed by atoms with E-state index in [1.54, 1.807) is 51.3 Å². The average Bonchev–Trinajstić information content (AvgIpc) is 3.03. The van der Waals surface area contributed by atoms with E-state index in [2.05, 4.69) is 0 Å². The van der Waals surface area contributed by atoms with E-state index in [4.69, 9.17) is 18.9 Å². The molecule has 1 heterocycles. The number of methoxy groups -OCH3 is 1. The van der Waals surface area contributed by atoms with Crippen LogP contribution in [0.4, 0.5) is 0 Å². The summed E-state index contributed by atoms with van der Waals surface area (Å²) in [5, 5.41) is 0. The van der Waals surface area contributed by atoms with Crippen LogP contribution < -0.4 is 14.2 Å². The van der Waals surface area contributed by atoms with Crippen molar-refractivity contribution in [2.24, 2.45) is 0 Å². The molecule has 0 bridgehead atoms. The lowest BCUT2D eigenvalue weighted by Gasteiger charge is -2.13. The highest BCUT2D eigenvalue weighted by molar-refractivity contribution is 6.12. The molecule has 0 saturated carbocycles. The minimum atomic E-state index is -0.760. The van der Waals surface area contributed by atoms with Gasteiger partial charge in [0.25, 0.3) is 0 Å². The quantitative estimate of drug-likeness (QED) is 0.518. The van der Waals surface area contributed by atoms with E-state index in [-0.39, 0.29) is 18.1 Å². The summed E-state index contributed by atoms with van der Waals surface area (Å²) in [6, 6.07) is 12.4. The Hall–Kier alpha value is -3.54. The second kappa shape index (κ2) is 9.10. The molecule has 0 aliphatic carbocycles. The van der Waals surface area contributed by atoms with Gasteiger partial charge in [0.2, 0.25) is 5.78 Å². The van der Waals surface area contributed by atoms with Crippen LogP contribution in [0.5, 0.6) is 17.2 Å². The van der Waals surface area contributed by atoms with Gasteiger partial charge < -0.3 is 18.9 Å². The zero-order valence-corrected chi connectivity index (χ0v) is 16.5. The lowest BCUT2D eigenvalue weighted by atomic mass is 10.1. The van der Waals surface area contributed by atoms with Gasteiger partial charge in [-0.3, -0.25) is 4.79 Å². The first-order valence-electron chi connectivity index (χ1n) is 9.24. The molecule has 150 valence electrons. The fourth-order valence-electron chi connectivity index (χ4n) is 2.81. The molecule has 1 atom stereocenters. The lowest BCUT2D eigenvalue weighted by Crippen LogP contribution is -2.26. The molecule has 0 saturated heterocycles. The number of fused-ring (bicyclic) bond motifs is 1. The third-order valence-electron chi connectivity index (χ3n) is 4.24. The minimum Gasteiger partial charge on any atom is -0.496 e. The van der Waals surface area contributed by atoms with Crippen molar-refractivity contribution in [3.05, 3.63) is 71.5 Å². The van der Waals surface area contributed by atoms with Crippen LogP contribution >= 0.6 is 0 Å². The molecule has 2 aromatic carbocycles. The van der Waals surface area contributed by atoms with Crippen LogP contribution in [-0.2, 0) is 9.53 Å². The second-order valence-corrected chi connectivity index (χ2v) is 6.23. The Kier molecular flexibility index (Phi) is 6.34. The highest BCUT2D eigenvalue weighted by Crippen LogP contribution is 2.34. The number of ketones is 1. The predicted molar refractivity (Wildman–Crippen MR) is 108 cm³/mol. The summed E-state index contributed by atoms with van der Waals surface area (Å²) in [4.78, 5) is 24.2. The molecule has 0 aromatic heterocycles. The number of Topliss-reactive ketones (excluding diaryl/α,β-unsaturated/α-hetero) is 1. The number of benzene rings is 2. The molecule has 0 N–H and O–H groups in total. The van der Waals surface area contributed by atoms with Crippen LogP contribution in [0.15, 0.2) is 60.4 Å². The average molecular weight is 394 g/mol. The normalized spacial score (nSPS) is 15.1. The Morgan fingerprint density at radius 3 is 2.76 bits per heavy atom. The number of hydrogen-bond acceptors (Lipinski definition) is 6. The molecule has 6 heteroatoms. The third-order valence-corrected chi connectivity index (χ3v) is 4.24. The van der Waals surface area contributed by atoms with E-state index in [1.807, 2.05) is 30.3 Å². The number of esters is 1. The van der Waals surface area contributed by atoms with Crippen LogP contribution in [-0.4, -0.2) is 31.6 Å². The Morgan fingerprint density at radius 2 is 2.00 bits per heavy atom. The molecule has 1 aliphatic heterocycles. The van der Waals surface area contributed by atoms with Gasteiger partial charge in [-0.05, 0) is 38.1 Å². The van der Waals surface area contributed by atoms with E-state index in [1.165, 1.54) is 0 Å². The van der Waals surface area contributed by atoms with Gasteiger partial charge in [0.15, 0.2) is 11.9 Å². The van der Waals surface area contributed by atoms with Crippen molar-refractivity contribution in [2.45, 2.75) is 20.0 Å². The predicted octanol–water partition coefficient (Wildman–Crippen LogP) is 4.20. The fraction of sp³-hybridized carbons (Fsp3) is 0.217. The number of rotatable bonds is 7. The SMILES string of the molecule is CCOC(=O)[C@H](C)Oc1ccc2c(c1)O/C(=C\C=C\c1ccccc1OC)C2=O. The zero-order valence-electron chi connectivity index (χ0n) is 16.5. The molecular weight excluding hydrogens is 372 g/mol. The maximum atomic E-state index is 12.5. The number of hydrogen-bond donors (Lipinski definition) is 0. The molecule has 0 amide bonds. The van der Waals surface area contributed by atoms with E-state index in [0.29, 0.717) is 17.1 Å². The molecule has 0 spiro atoms. The van der Waals surface area contributed by atoms with Crippen LogP contribution in [0, 0.1) is 0 Å². The van der Waals surface area contributed by atoms with Gasteiger partial charge >= 0.3 is 5.97 Å². The van der Waals surface area contributed by atoms with Gasteiger partial charge in [-0.2, -0.15) is 0 Å². The van der Waals surface area contributed by atoms with Gasteiger partial charge in [-0.15, -0.1) is 0 Å². The van der Waals surface area contributed by atoms with Crippen LogP contribution in [0.2, 0.25) is 0 Å². The van der Waals surface area contributed by atoms with Gasteiger partial charge in [-0.1, -0.05) is 30.4 Å². The number of allylic oxidation sites excluding steroid dienone is 3. The molecule has 3 rings (SSSR count). The summed E-state index contributed by atoms with van der Waals surface area (Å²) >= 11 is 0. The highest BCUT2D eigenvalue weighted by atomic mass is 16.6. The van der Waals surface area contributed by atoms with Gasteiger partial charge in [-0.25, -0.2) is 4.79 Å². The summed E-state index contributed by atoms with van der Waals surface area (Å²) in [6.07, 6.45) is 4.42. The zero-order chi connectivity index (χ0) is 20.8. The van der Waals surface area contributed by atoms with Crippen molar-refractivity contribution in [2.75, 3.05) is 13.7 Å². The first-order valence-corrected chi connectivity index (χ1v) is 9.24. The minimum absolute atomic E-state index is 0.210. The first-order chi connectivity index (χ1) is 14.0. The maximum absolute atomic E-state index is 12.5. The number of carbonyl (C=O) groups excluding carboxylic acids is 2. The molecule has 29 heavy (non-hydrogen) atoms. The van der Waals surface area contributed by atoms with Gasteiger partial charge in [0.05, 0.1) is 19.3 Å². The van der Waals surface area contributed by atoms with E-state index in [0.717, 1.165) is 11.3 Å². The maximum Gasteiger partial charge on any atom is 0.347 e. The fourth-order valence-corrected chi connectivity index (χ4v) is 2.81. The Bertz CT molecular complexity index is 973. The van der Waals surface area contributed by atoms with Gasteiger partial charge in [0, 0.05) is 11.6 Å². The molecule has 0 unspecified atom stereocenters. The van der Waals surface area contributed by atoms with Crippen molar-refractivity contribution in [1.82, 2.24) is 0 Å². The summed E-state index contributed by atoms with van der Waals surface area (Å²) in [5.41, 5.74) is 1.33. The van der Waals surface area contributed by atoms with Crippen molar-refractivity contribution in [3.8, 4) is 17.2 Å². The summed E-state index contributed by atoms with van der Waals surface area (Å²) in [7, 11) is 1.61. The monoisotopic (exact) mass is 394 g/mol. The van der Waals surface area contributed by atoms with E-state index < -0.39 is 12.1 Å². The molecule has 6 nitrogen and oxygen atoms in total. The van der Waals surface area contributed by atoms with Crippen LogP contribution in [0.3, 0.4) is 0 Å². The lowest BCUT2D eigenvalue weighted by molar-refractivity contribution is -0.150. The molecule has 2 aromatic rings. The molecule has 0 fully saturated rings. The largest absolute Gasteiger partial charge is 0.496 e. The molecule has 0 radical (unpaired) electrons. The van der Waals surface area contributed by atoms with Crippen molar-refractivity contribution < 1.29 is 28.5 Å². The van der Waals surface area contributed by atoms with E-state index in [9.17, 15) is 9.59 Å². The van der Waals surface area contributed by atoms with Crippen LogP contribution in [0.25, 0.3) is 6.08 Å². The summed E-state index contributed by atoms with van der Waals surface area (Å²) < 4.78 is 21.5. The third kappa shape index (κ3) is 4.66. The Morgan fingerprint density at radius 1 is 1.21 bits per heavy atom. The van der Waals surface area contributed by atoms with Crippen molar-refractivity contribution in [1.29, 1.82) is 0 Å². The number of carbonyl (C=O) groups is 2. The second-order valence-electron chi connectivity index (χ2n) is 6.23. The van der Waals surface area contributed by atoms with E-state index >= 15 is 0 Å². The van der Waals surface area contributed by atoms with Crippen molar-refractivity contribution >= 4 is 17.8 Å². The number of para-hydroxylation sites is 1. The van der Waals surface area contributed by atoms with Gasteiger partial charge in [0.1, 0.15) is 17.2 Å². The highest BCUT2D eigenvalue weighted by Gasteiger charge is 2.27. The van der Waals surface area contributed by atoms with Crippen LogP contribution in [0.1, 0.15) is 29.8 Å². The molecule has 1 aliphatic rings. The summed E-state index contributed by atoms with van der Waals surface area (Å²) in [5.74, 6) is 1.09. The topological polar surface area (TPSA) is 71.1 Å². The Balaban J connectivity index is 1.72. The van der Waals surface area contributed by atoms with Crippen molar-refractivity contribution in [3.63, 3.8) is 0 Å². The number of ether oxygens (including phenoxy) is 4. The smallest absolute Gasteiger partial charge is 0.347 e. The molecular formula is C23H22O6. The summed E-state index contributed by atoms with van der Waals surface area (Å²) in [6.45, 7) is 3.62.